The molecule has 0 bridgehead atoms. The van der Waals surface area contributed by atoms with Crippen molar-refractivity contribution in [2.45, 2.75) is 46.5 Å². The van der Waals surface area contributed by atoms with Crippen LogP contribution in [-0.2, 0) is 20.5 Å². The van der Waals surface area contributed by atoms with E-state index in [-0.39, 0.29) is 12.0 Å². The summed E-state index contributed by atoms with van der Waals surface area (Å²) >= 11 is 0. The highest BCUT2D eigenvalue weighted by Crippen LogP contribution is 2.34. The van der Waals surface area contributed by atoms with Crippen molar-refractivity contribution in [3.63, 3.8) is 0 Å². The molecule has 0 aliphatic rings. The molecular formula is C14H24N2O5Si. The van der Waals surface area contributed by atoms with E-state index in [1.165, 1.54) is 13.3 Å². The molecule has 0 aliphatic carbocycles. The molecule has 8 heteroatoms. The number of esters is 1. The Morgan fingerprint density at radius 2 is 1.95 bits per heavy atom. The monoisotopic (exact) mass is 328 g/mol. The first-order chi connectivity index (χ1) is 10.1. The number of nitrogens with zero attached hydrogens (tertiary/aromatic N) is 1. The van der Waals surface area contributed by atoms with Crippen molar-refractivity contribution in [1.82, 2.24) is 9.55 Å². The predicted molar refractivity (Wildman–Crippen MR) is 85.5 cm³/mol. The van der Waals surface area contributed by atoms with Gasteiger partial charge in [0.05, 0.1) is 18.8 Å². The number of H-pyrrole nitrogens is 1. The SMILES string of the molecule is COC(=O)Cn1cc(C(O[SiH](C)C)C(C)(C)C)c(=O)[nH]c1=O. The van der Waals surface area contributed by atoms with Gasteiger partial charge in [0.15, 0.2) is 9.04 Å². The molecule has 1 heterocycles. The van der Waals surface area contributed by atoms with Gasteiger partial charge in [0, 0.05) is 6.20 Å². The summed E-state index contributed by atoms with van der Waals surface area (Å²) in [5.74, 6) is -0.563. The van der Waals surface area contributed by atoms with Gasteiger partial charge < -0.3 is 9.16 Å². The largest absolute Gasteiger partial charge is 0.468 e. The van der Waals surface area contributed by atoms with Crippen LogP contribution in [0.15, 0.2) is 15.8 Å². The number of ether oxygens (including phenoxy) is 1. The Morgan fingerprint density at radius 1 is 1.36 bits per heavy atom. The van der Waals surface area contributed by atoms with Crippen LogP contribution in [0.3, 0.4) is 0 Å². The number of rotatable bonds is 5. The molecule has 1 aromatic heterocycles. The number of methoxy groups -OCH3 is 1. The molecule has 1 aromatic rings. The van der Waals surface area contributed by atoms with Crippen molar-refractivity contribution in [2.75, 3.05) is 7.11 Å². The summed E-state index contributed by atoms with van der Waals surface area (Å²) in [6, 6.07) is 0. The van der Waals surface area contributed by atoms with Gasteiger partial charge in [-0.1, -0.05) is 20.8 Å². The molecule has 0 aromatic carbocycles. The quantitative estimate of drug-likeness (QED) is 0.638. The number of carbonyl (C=O) groups excluding carboxylic acids is 1. The molecule has 1 atom stereocenters. The maximum absolute atomic E-state index is 12.2. The van der Waals surface area contributed by atoms with Gasteiger partial charge in [-0.25, -0.2) is 4.79 Å². The van der Waals surface area contributed by atoms with Gasteiger partial charge in [0.1, 0.15) is 6.54 Å². The van der Waals surface area contributed by atoms with Gasteiger partial charge in [-0.3, -0.25) is 19.1 Å². The van der Waals surface area contributed by atoms with E-state index in [9.17, 15) is 14.4 Å². The molecular weight excluding hydrogens is 304 g/mol. The summed E-state index contributed by atoms with van der Waals surface area (Å²) in [5.41, 5.74) is -1.11. The summed E-state index contributed by atoms with van der Waals surface area (Å²) in [4.78, 5) is 37.6. The molecule has 1 rings (SSSR count). The minimum atomic E-state index is -1.41. The van der Waals surface area contributed by atoms with Crippen molar-refractivity contribution in [3.8, 4) is 0 Å². The Labute approximate surface area is 131 Å². The zero-order chi connectivity index (χ0) is 17.1. The Balaban J connectivity index is 3.37. The molecule has 1 unspecified atom stereocenters. The zero-order valence-corrected chi connectivity index (χ0v) is 15.1. The number of carbonyl (C=O) groups is 1. The second-order valence-electron chi connectivity index (χ2n) is 6.48. The lowest BCUT2D eigenvalue weighted by atomic mass is 9.86. The molecule has 0 aliphatic heterocycles. The highest BCUT2D eigenvalue weighted by atomic mass is 28.3. The van der Waals surface area contributed by atoms with Gasteiger partial charge in [0.25, 0.3) is 5.56 Å². The van der Waals surface area contributed by atoms with Crippen LogP contribution in [0.2, 0.25) is 13.1 Å². The van der Waals surface area contributed by atoms with Crippen molar-refractivity contribution in [3.05, 3.63) is 32.6 Å². The number of aromatic amines is 1. The third-order valence-corrected chi connectivity index (χ3v) is 3.86. The van der Waals surface area contributed by atoms with Crippen LogP contribution in [0.1, 0.15) is 32.4 Å². The van der Waals surface area contributed by atoms with Crippen molar-refractivity contribution in [1.29, 1.82) is 0 Å². The molecule has 124 valence electrons. The summed E-state index contributed by atoms with van der Waals surface area (Å²) in [6.07, 6.45) is 0.942. The van der Waals surface area contributed by atoms with Crippen LogP contribution in [0, 0.1) is 5.41 Å². The van der Waals surface area contributed by atoms with E-state index < -0.39 is 32.4 Å². The van der Waals surface area contributed by atoms with Crippen LogP contribution in [0.25, 0.3) is 0 Å². The van der Waals surface area contributed by atoms with Crippen LogP contribution in [-0.4, -0.2) is 31.7 Å². The number of hydrogen-bond donors (Lipinski definition) is 1. The summed E-state index contributed by atoms with van der Waals surface area (Å²) in [7, 11) is -0.172. The van der Waals surface area contributed by atoms with Crippen molar-refractivity contribution < 1.29 is 14.0 Å². The number of hydrogen-bond acceptors (Lipinski definition) is 5. The van der Waals surface area contributed by atoms with E-state index in [1.54, 1.807) is 0 Å². The highest BCUT2D eigenvalue weighted by molar-refractivity contribution is 6.48. The van der Waals surface area contributed by atoms with Gasteiger partial charge in [-0.05, 0) is 18.5 Å². The number of nitrogens with one attached hydrogen (secondary N) is 1. The molecule has 22 heavy (non-hydrogen) atoms. The average molecular weight is 328 g/mol. The summed E-state index contributed by atoms with van der Waals surface area (Å²) in [6.45, 7) is 9.65. The highest BCUT2D eigenvalue weighted by Gasteiger charge is 2.30. The van der Waals surface area contributed by atoms with E-state index >= 15 is 0 Å². The standard InChI is InChI=1S/C14H24N2O5Si/c1-14(2,3)11(21-22(5)6)9-7-16(8-10(17)20-4)13(19)15-12(9)18/h7,11,22H,8H2,1-6H3,(H,15,18,19). The second kappa shape index (κ2) is 7.06. The molecule has 7 nitrogen and oxygen atoms in total. The molecule has 0 fully saturated rings. The Morgan fingerprint density at radius 3 is 2.41 bits per heavy atom. The fourth-order valence-corrected chi connectivity index (χ4v) is 3.15. The third-order valence-electron chi connectivity index (χ3n) is 3.04. The van der Waals surface area contributed by atoms with Crippen molar-refractivity contribution >= 4 is 15.0 Å². The van der Waals surface area contributed by atoms with Gasteiger partial charge in [-0.2, -0.15) is 0 Å². The fourth-order valence-electron chi connectivity index (χ4n) is 2.05. The van der Waals surface area contributed by atoms with Crippen LogP contribution >= 0.6 is 0 Å². The minimum Gasteiger partial charge on any atom is -0.468 e. The van der Waals surface area contributed by atoms with Gasteiger partial charge in [-0.15, -0.1) is 0 Å². The van der Waals surface area contributed by atoms with E-state index in [0.717, 1.165) is 4.57 Å². The van der Waals surface area contributed by atoms with E-state index in [2.05, 4.69) is 9.72 Å². The molecule has 0 saturated heterocycles. The predicted octanol–water partition coefficient (Wildman–Crippen LogP) is 0.797. The Hall–Kier alpha value is -1.67. The normalized spacial score (nSPS) is 13.2. The first-order valence-corrected chi connectivity index (χ1v) is 9.90. The van der Waals surface area contributed by atoms with Crippen molar-refractivity contribution in [2.24, 2.45) is 5.41 Å². The molecule has 0 amide bonds. The Bertz CT molecular complexity index is 642. The first kappa shape index (κ1) is 18.4. The minimum absolute atomic E-state index is 0.255. The fraction of sp³-hybridized carbons (Fsp3) is 0.643. The van der Waals surface area contributed by atoms with Gasteiger partial charge in [0.2, 0.25) is 0 Å². The smallest absolute Gasteiger partial charge is 0.328 e. The van der Waals surface area contributed by atoms with E-state index in [4.69, 9.17) is 4.43 Å². The first-order valence-electron chi connectivity index (χ1n) is 7.12. The second-order valence-corrected chi connectivity index (χ2v) is 8.85. The van der Waals surface area contributed by atoms with Crippen LogP contribution < -0.4 is 11.2 Å². The maximum atomic E-state index is 12.2. The molecule has 0 saturated carbocycles. The van der Waals surface area contributed by atoms with Crippen LogP contribution in [0.5, 0.6) is 0 Å². The van der Waals surface area contributed by atoms with Crippen LogP contribution in [0.4, 0.5) is 0 Å². The lowest BCUT2D eigenvalue weighted by Gasteiger charge is -2.32. The number of aromatic nitrogens is 2. The lowest BCUT2D eigenvalue weighted by Crippen LogP contribution is -2.38. The molecule has 1 N–H and O–H groups in total. The van der Waals surface area contributed by atoms with Gasteiger partial charge >= 0.3 is 11.7 Å². The average Bonchev–Trinajstić information content (AvgIpc) is 2.38. The molecule has 0 spiro atoms. The lowest BCUT2D eigenvalue weighted by molar-refractivity contribution is -0.141. The topological polar surface area (TPSA) is 90.4 Å². The summed E-state index contributed by atoms with van der Waals surface area (Å²) < 4.78 is 11.7. The summed E-state index contributed by atoms with van der Waals surface area (Å²) in [5, 5.41) is 0. The molecule has 0 radical (unpaired) electrons. The van der Waals surface area contributed by atoms with E-state index in [0.29, 0.717) is 5.56 Å². The maximum Gasteiger partial charge on any atom is 0.328 e. The van der Waals surface area contributed by atoms with E-state index in [1.807, 2.05) is 33.9 Å². The Kier molecular flexibility index (Phi) is 5.90. The third kappa shape index (κ3) is 4.67. The zero-order valence-electron chi connectivity index (χ0n) is 13.9.